The summed E-state index contributed by atoms with van der Waals surface area (Å²) in [6.45, 7) is 0.368. The molecule has 1 aromatic carbocycles. The second kappa shape index (κ2) is 5.70. The second-order valence-corrected chi connectivity index (χ2v) is 4.55. The molecule has 2 heterocycles. The minimum absolute atomic E-state index is 0.0536. The Hall–Kier alpha value is -2.76. The summed E-state index contributed by atoms with van der Waals surface area (Å²) in [5.41, 5.74) is 1.79. The summed E-state index contributed by atoms with van der Waals surface area (Å²) in [6, 6.07) is 10.6. The Morgan fingerprint density at radius 1 is 1.24 bits per heavy atom. The number of amides is 1. The second-order valence-electron chi connectivity index (χ2n) is 4.55. The van der Waals surface area contributed by atoms with Gasteiger partial charge in [0.2, 0.25) is 5.95 Å². The molecule has 1 amide bonds. The highest BCUT2D eigenvalue weighted by molar-refractivity contribution is 5.94. The van der Waals surface area contributed by atoms with Crippen LogP contribution >= 0.6 is 0 Å². The lowest BCUT2D eigenvalue weighted by molar-refractivity contribution is 0.0949. The summed E-state index contributed by atoms with van der Waals surface area (Å²) >= 11 is 0. The van der Waals surface area contributed by atoms with Crippen LogP contribution in [0.5, 0.6) is 0 Å². The lowest BCUT2D eigenvalue weighted by atomic mass is 10.2. The Kier molecular flexibility index (Phi) is 3.59. The van der Waals surface area contributed by atoms with E-state index in [9.17, 15) is 9.18 Å². The highest BCUT2D eigenvalue weighted by Crippen LogP contribution is 2.10. The molecular weight excluding hydrogens is 271 g/mol. The smallest absolute Gasteiger partial charge is 0.255 e. The SMILES string of the molecule is O=C(NCCc1nc2ccccc2[nH]1)c1cccnc1F. The molecule has 0 saturated carbocycles. The fourth-order valence-electron chi connectivity index (χ4n) is 2.07. The molecule has 5 nitrogen and oxygen atoms in total. The number of rotatable bonds is 4. The van der Waals surface area contributed by atoms with Crippen LogP contribution in [0, 0.1) is 5.95 Å². The quantitative estimate of drug-likeness (QED) is 0.720. The lowest BCUT2D eigenvalue weighted by Crippen LogP contribution is -2.27. The van der Waals surface area contributed by atoms with Crippen molar-refractivity contribution in [2.24, 2.45) is 0 Å². The standard InChI is InChI=1S/C15H13FN4O/c16-14-10(4-3-8-17-14)15(21)18-9-7-13-19-11-5-1-2-6-12(11)20-13/h1-6,8H,7,9H2,(H,18,21)(H,19,20). The van der Waals surface area contributed by atoms with Crippen LogP contribution in [-0.2, 0) is 6.42 Å². The molecule has 0 spiro atoms. The maximum atomic E-state index is 13.3. The minimum atomic E-state index is -0.765. The summed E-state index contributed by atoms with van der Waals surface area (Å²) in [6.07, 6.45) is 1.85. The number of benzene rings is 1. The third-order valence-electron chi connectivity index (χ3n) is 3.09. The van der Waals surface area contributed by atoms with Crippen molar-refractivity contribution in [2.75, 3.05) is 6.54 Å². The first-order valence-electron chi connectivity index (χ1n) is 6.56. The van der Waals surface area contributed by atoms with Gasteiger partial charge in [-0.1, -0.05) is 12.1 Å². The van der Waals surface area contributed by atoms with E-state index in [0.29, 0.717) is 13.0 Å². The predicted molar refractivity (Wildman–Crippen MR) is 76.3 cm³/mol. The first kappa shape index (κ1) is 13.2. The number of nitrogens with one attached hydrogen (secondary N) is 2. The van der Waals surface area contributed by atoms with E-state index in [-0.39, 0.29) is 5.56 Å². The van der Waals surface area contributed by atoms with Gasteiger partial charge in [0.25, 0.3) is 5.91 Å². The molecule has 0 radical (unpaired) electrons. The zero-order valence-electron chi connectivity index (χ0n) is 11.1. The lowest BCUT2D eigenvalue weighted by Gasteiger charge is -2.04. The maximum absolute atomic E-state index is 13.3. The molecule has 0 fully saturated rings. The molecule has 0 aliphatic heterocycles. The number of fused-ring (bicyclic) bond motifs is 1. The Labute approximate surface area is 120 Å². The molecule has 0 aliphatic carbocycles. The molecule has 2 aromatic heterocycles. The number of hydrogen-bond acceptors (Lipinski definition) is 3. The molecule has 0 bridgehead atoms. The monoisotopic (exact) mass is 284 g/mol. The third kappa shape index (κ3) is 2.89. The van der Waals surface area contributed by atoms with Crippen molar-refractivity contribution in [2.45, 2.75) is 6.42 Å². The fourth-order valence-corrected chi connectivity index (χ4v) is 2.07. The molecular formula is C15H13FN4O. The van der Waals surface area contributed by atoms with Crippen molar-refractivity contribution < 1.29 is 9.18 Å². The number of para-hydroxylation sites is 2. The van der Waals surface area contributed by atoms with E-state index in [1.807, 2.05) is 24.3 Å². The van der Waals surface area contributed by atoms with Crippen molar-refractivity contribution in [3.05, 3.63) is 59.9 Å². The molecule has 0 saturated heterocycles. The molecule has 0 atom stereocenters. The zero-order valence-corrected chi connectivity index (χ0v) is 11.1. The van der Waals surface area contributed by atoms with E-state index in [4.69, 9.17) is 0 Å². The normalized spacial score (nSPS) is 10.7. The van der Waals surface area contributed by atoms with Crippen LogP contribution in [0.2, 0.25) is 0 Å². The van der Waals surface area contributed by atoms with Crippen molar-refractivity contribution in [1.82, 2.24) is 20.3 Å². The minimum Gasteiger partial charge on any atom is -0.351 e. The van der Waals surface area contributed by atoms with Crippen LogP contribution < -0.4 is 5.32 Å². The molecule has 106 valence electrons. The zero-order chi connectivity index (χ0) is 14.7. The number of imidazole rings is 1. The molecule has 0 aliphatic rings. The van der Waals surface area contributed by atoms with Gasteiger partial charge in [0.1, 0.15) is 5.82 Å². The highest BCUT2D eigenvalue weighted by Gasteiger charge is 2.11. The molecule has 0 unspecified atom stereocenters. The Balaban J connectivity index is 1.61. The molecule has 2 N–H and O–H groups in total. The highest BCUT2D eigenvalue weighted by atomic mass is 19.1. The van der Waals surface area contributed by atoms with Crippen molar-refractivity contribution in [1.29, 1.82) is 0 Å². The third-order valence-corrected chi connectivity index (χ3v) is 3.09. The number of aromatic nitrogens is 3. The van der Waals surface area contributed by atoms with Crippen LogP contribution in [0.1, 0.15) is 16.2 Å². The summed E-state index contributed by atoms with van der Waals surface area (Å²) < 4.78 is 13.3. The number of halogens is 1. The summed E-state index contributed by atoms with van der Waals surface area (Å²) in [5, 5.41) is 2.65. The summed E-state index contributed by atoms with van der Waals surface area (Å²) in [5.74, 6) is -0.460. The van der Waals surface area contributed by atoms with Crippen LogP contribution in [-0.4, -0.2) is 27.4 Å². The Morgan fingerprint density at radius 3 is 2.90 bits per heavy atom. The van der Waals surface area contributed by atoms with E-state index in [2.05, 4.69) is 20.3 Å². The van der Waals surface area contributed by atoms with Crippen molar-refractivity contribution in [3.8, 4) is 0 Å². The van der Waals surface area contributed by atoms with Gasteiger partial charge in [-0.2, -0.15) is 4.39 Å². The molecule has 6 heteroatoms. The summed E-state index contributed by atoms with van der Waals surface area (Å²) in [4.78, 5) is 22.8. The number of aromatic amines is 1. The van der Waals surface area contributed by atoms with Crippen LogP contribution in [0.3, 0.4) is 0 Å². The fraction of sp³-hybridized carbons (Fsp3) is 0.133. The van der Waals surface area contributed by atoms with Gasteiger partial charge in [0, 0.05) is 19.2 Å². The van der Waals surface area contributed by atoms with Gasteiger partial charge in [-0.05, 0) is 24.3 Å². The van der Waals surface area contributed by atoms with Crippen LogP contribution in [0.15, 0.2) is 42.6 Å². The van der Waals surface area contributed by atoms with Gasteiger partial charge in [-0.15, -0.1) is 0 Å². The Bertz CT molecular complexity index is 751. The molecule has 21 heavy (non-hydrogen) atoms. The van der Waals surface area contributed by atoms with Gasteiger partial charge in [0.05, 0.1) is 16.6 Å². The van der Waals surface area contributed by atoms with Gasteiger partial charge in [-0.25, -0.2) is 9.97 Å². The first-order valence-corrected chi connectivity index (χ1v) is 6.56. The Morgan fingerprint density at radius 2 is 2.10 bits per heavy atom. The van der Waals surface area contributed by atoms with E-state index in [1.165, 1.54) is 18.3 Å². The largest absolute Gasteiger partial charge is 0.351 e. The van der Waals surface area contributed by atoms with E-state index < -0.39 is 11.9 Å². The van der Waals surface area contributed by atoms with Crippen molar-refractivity contribution >= 4 is 16.9 Å². The van der Waals surface area contributed by atoms with Crippen LogP contribution in [0.4, 0.5) is 4.39 Å². The number of pyridine rings is 1. The summed E-state index contributed by atoms with van der Waals surface area (Å²) in [7, 11) is 0. The van der Waals surface area contributed by atoms with E-state index >= 15 is 0 Å². The number of H-pyrrole nitrogens is 1. The van der Waals surface area contributed by atoms with Gasteiger partial charge >= 0.3 is 0 Å². The number of nitrogens with zero attached hydrogens (tertiary/aromatic N) is 2. The van der Waals surface area contributed by atoms with Crippen LogP contribution in [0.25, 0.3) is 11.0 Å². The predicted octanol–water partition coefficient (Wildman–Crippen LogP) is 2.07. The van der Waals surface area contributed by atoms with Gasteiger partial charge in [-0.3, -0.25) is 4.79 Å². The van der Waals surface area contributed by atoms with E-state index in [1.54, 1.807) is 0 Å². The number of hydrogen-bond donors (Lipinski definition) is 2. The number of carbonyl (C=O) groups excluding carboxylic acids is 1. The number of carbonyl (C=O) groups is 1. The average Bonchev–Trinajstić information content (AvgIpc) is 2.90. The van der Waals surface area contributed by atoms with E-state index in [0.717, 1.165) is 16.9 Å². The first-order chi connectivity index (χ1) is 10.2. The average molecular weight is 284 g/mol. The topological polar surface area (TPSA) is 70.7 Å². The van der Waals surface area contributed by atoms with Crippen molar-refractivity contribution in [3.63, 3.8) is 0 Å². The molecule has 3 rings (SSSR count). The van der Waals surface area contributed by atoms with Gasteiger partial charge in [0.15, 0.2) is 0 Å². The van der Waals surface area contributed by atoms with Gasteiger partial charge < -0.3 is 10.3 Å². The maximum Gasteiger partial charge on any atom is 0.255 e. The molecule has 3 aromatic rings.